The van der Waals surface area contributed by atoms with Crippen LogP contribution in [0.3, 0.4) is 0 Å². The van der Waals surface area contributed by atoms with Crippen molar-refractivity contribution in [2.75, 3.05) is 5.32 Å². The molecule has 0 aliphatic rings. The molecule has 10 heteroatoms. The van der Waals surface area contributed by atoms with E-state index in [4.69, 9.17) is 16.3 Å². The first kappa shape index (κ1) is 17.9. The van der Waals surface area contributed by atoms with Gasteiger partial charge in [0.25, 0.3) is 0 Å². The molecule has 1 aromatic heterocycles. The number of alkyl halides is 3. The number of carbonyl (C=O) groups excluding carboxylic acids is 1. The molecule has 3 aromatic rings. The van der Waals surface area contributed by atoms with Crippen molar-refractivity contribution in [1.82, 2.24) is 15.0 Å². The summed E-state index contributed by atoms with van der Waals surface area (Å²) in [6.07, 6.45) is -3.92. The first-order valence-electron chi connectivity index (χ1n) is 7.30. The summed E-state index contributed by atoms with van der Waals surface area (Å²) in [4.78, 5) is 11.8. The number of anilines is 1. The highest BCUT2D eigenvalue weighted by Crippen LogP contribution is 2.36. The van der Waals surface area contributed by atoms with Gasteiger partial charge in [-0.3, -0.25) is 5.32 Å². The summed E-state index contributed by atoms with van der Waals surface area (Å²) in [6, 6.07) is 10.2. The van der Waals surface area contributed by atoms with Gasteiger partial charge in [0, 0.05) is 5.69 Å². The number of H-pyrrole nitrogens is 1. The second-order valence-corrected chi connectivity index (χ2v) is 5.69. The topological polar surface area (TPSA) is 71.9 Å². The van der Waals surface area contributed by atoms with Gasteiger partial charge in [0.05, 0.1) is 16.3 Å². The Labute approximate surface area is 150 Å². The lowest BCUT2D eigenvalue weighted by Crippen LogP contribution is -2.15. The van der Waals surface area contributed by atoms with Crippen molar-refractivity contribution < 1.29 is 22.7 Å². The highest BCUT2D eigenvalue weighted by molar-refractivity contribution is 6.31. The van der Waals surface area contributed by atoms with Gasteiger partial charge in [-0.25, -0.2) is 14.7 Å². The van der Waals surface area contributed by atoms with Crippen LogP contribution in [-0.4, -0.2) is 21.1 Å². The van der Waals surface area contributed by atoms with Crippen LogP contribution in [0.4, 0.5) is 23.7 Å². The largest absolute Gasteiger partial charge is 0.444 e. The maximum absolute atomic E-state index is 12.8. The Bertz CT molecular complexity index is 911. The predicted octanol–water partition coefficient (Wildman–Crippen LogP) is 4.62. The quantitative estimate of drug-likeness (QED) is 0.689. The Balaban J connectivity index is 1.62. The van der Waals surface area contributed by atoms with Crippen molar-refractivity contribution >= 4 is 23.4 Å². The van der Waals surface area contributed by atoms with E-state index in [1.807, 2.05) is 6.07 Å². The Morgan fingerprint density at radius 1 is 1.27 bits per heavy atom. The lowest BCUT2D eigenvalue weighted by atomic mass is 10.2. The summed E-state index contributed by atoms with van der Waals surface area (Å²) in [5.41, 5.74) is 0.399. The Kier molecular flexibility index (Phi) is 4.90. The summed E-state index contributed by atoms with van der Waals surface area (Å²) in [5.74, 6) is 0. The number of benzene rings is 2. The molecule has 0 radical (unpaired) electrons. The molecule has 0 atom stereocenters. The normalized spacial score (nSPS) is 11.4. The SMILES string of the molecule is O=C(Nc1ccc(Cl)c(C(F)(F)F)c1)OCc1cccc(-n2cn[nH]2)c1. The number of rotatable bonds is 4. The molecule has 0 fully saturated rings. The van der Waals surface area contributed by atoms with Crippen LogP contribution in [0.15, 0.2) is 48.8 Å². The van der Waals surface area contributed by atoms with Crippen LogP contribution in [0.1, 0.15) is 11.1 Å². The van der Waals surface area contributed by atoms with Crippen molar-refractivity contribution in [2.45, 2.75) is 12.8 Å². The number of aromatic amines is 1. The molecule has 0 saturated carbocycles. The average molecular weight is 385 g/mol. The van der Waals surface area contributed by atoms with E-state index in [1.54, 1.807) is 29.2 Å². The van der Waals surface area contributed by atoms with E-state index in [0.717, 1.165) is 17.8 Å². The van der Waals surface area contributed by atoms with E-state index < -0.39 is 22.9 Å². The fourth-order valence-electron chi connectivity index (χ4n) is 2.16. The van der Waals surface area contributed by atoms with E-state index in [1.165, 1.54) is 6.07 Å². The highest BCUT2D eigenvalue weighted by Gasteiger charge is 2.33. The van der Waals surface area contributed by atoms with Crippen LogP contribution < -0.4 is 5.32 Å². The second kappa shape index (κ2) is 7.12. The standard InChI is InChI=1S/C16H12ClF3N4O2/c17-14-5-4-11(7-13(14)16(18,19)20)22-15(25)26-8-10-2-1-3-12(6-10)24-9-21-23-24/h1-7,9,23H,8H2,(H,22,25). The molecule has 2 aromatic carbocycles. The molecule has 26 heavy (non-hydrogen) atoms. The van der Waals surface area contributed by atoms with Crippen LogP contribution >= 0.6 is 11.6 Å². The first-order chi connectivity index (χ1) is 12.3. The van der Waals surface area contributed by atoms with Crippen LogP contribution in [0, 0.1) is 0 Å². The number of hydrogen-bond acceptors (Lipinski definition) is 3. The van der Waals surface area contributed by atoms with Gasteiger partial charge in [-0.1, -0.05) is 23.7 Å². The van der Waals surface area contributed by atoms with Gasteiger partial charge in [0.2, 0.25) is 0 Å². The first-order valence-corrected chi connectivity index (χ1v) is 7.68. The Morgan fingerprint density at radius 2 is 2.04 bits per heavy atom. The number of nitrogens with one attached hydrogen (secondary N) is 2. The average Bonchev–Trinajstić information content (AvgIpc) is 2.52. The van der Waals surface area contributed by atoms with Gasteiger partial charge >= 0.3 is 12.3 Å². The van der Waals surface area contributed by atoms with Gasteiger partial charge in [-0.2, -0.15) is 13.2 Å². The minimum absolute atomic E-state index is 0.0512. The molecule has 0 spiro atoms. The third kappa shape index (κ3) is 4.17. The molecule has 1 amide bonds. The zero-order valence-electron chi connectivity index (χ0n) is 13.0. The maximum Gasteiger partial charge on any atom is 0.417 e. The summed E-state index contributed by atoms with van der Waals surface area (Å²) >= 11 is 5.53. The van der Waals surface area contributed by atoms with Crippen molar-refractivity contribution in [1.29, 1.82) is 0 Å². The van der Waals surface area contributed by atoms with Crippen molar-refractivity contribution in [2.24, 2.45) is 0 Å². The zero-order chi connectivity index (χ0) is 18.7. The second-order valence-electron chi connectivity index (χ2n) is 5.28. The minimum Gasteiger partial charge on any atom is -0.444 e. The predicted molar refractivity (Wildman–Crippen MR) is 88.2 cm³/mol. The molecular weight excluding hydrogens is 373 g/mol. The minimum atomic E-state index is -4.62. The molecular formula is C16H12ClF3N4O2. The van der Waals surface area contributed by atoms with Gasteiger partial charge in [0.15, 0.2) is 0 Å². The lowest BCUT2D eigenvalue weighted by Gasteiger charge is -2.12. The molecule has 0 unspecified atom stereocenters. The van der Waals surface area contributed by atoms with Gasteiger partial charge < -0.3 is 4.74 Å². The third-order valence-corrected chi connectivity index (χ3v) is 3.75. The fraction of sp³-hybridized carbons (Fsp3) is 0.125. The molecule has 1 heterocycles. The number of nitrogens with zero attached hydrogens (tertiary/aromatic N) is 2. The third-order valence-electron chi connectivity index (χ3n) is 3.42. The van der Waals surface area contributed by atoms with E-state index in [2.05, 4.69) is 15.6 Å². The molecule has 2 N–H and O–H groups in total. The van der Waals surface area contributed by atoms with E-state index in [9.17, 15) is 18.0 Å². The summed E-state index contributed by atoms with van der Waals surface area (Å²) in [5, 5.41) is 8.21. The summed E-state index contributed by atoms with van der Waals surface area (Å²) in [6.45, 7) is -0.0512. The molecule has 0 saturated heterocycles. The van der Waals surface area contributed by atoms with Crippen LogP contribution in [0.2, 0.25) is 5.02 Å². The van der Waals surface area contributed by atoms with Gasteiger partial charge in [-0.05, 0) is 35.9 Å². The van der Waals surface area contributed by atoms with E-state index in [0.29, 0.717) is 5.56 Å². The molecule has 0 aliphatic heterocycles. The highest BCUT2D eigenvalue weighted by atomic mass is 35.5. The smallest absolute Gasteiger partial charge is 0.417 e. The Hall–Kier alpha value is -2.94. The number of hydrogen-bond donors (Lipinski definition) is 2. The van der Waals surface area contributed by atoms with Crippen molar-refractivity contribution in [3.8, 4) is 5.69 Å². The van der Waals surface area contributed by atoms with Crippen molar-refractivity contribution in [3.63, 3.8) is 0 Å². The van der Waals surface area contributed by atoms with Gasteiger partial charge in [-0.15, -0.1) is 5.10 Å². The summed E-state index contributed by atoms with van der Waals surface area (Å²) < 4.78 is 45.2. The molecule has 6 nitrogen and oxygen atoms in total. The zero-order valence-corrected chi connectivity index (χ0v) is 13.8. The maximum atomic E-state index is 12.8. The number of halogens is 4. The lowest BCUT2D eigenvalue weighted by molar-refractivity contribution is -0.137. The molecule has 0 aliphatic carbocycles. The van der Waals surface area contributed by atoms with Crippen LogP contribution in [-0.2, 0) is 17.5 Å². The number of ether oxygens (including phenoxy) is 1. The van der Waals surface area contributed by atoms with Gasteiger partial charge in [0.1, 0.15) is 12.9 Å². The van der Waals surface area contributed by atoms with Crippen LogP contribution in [0.25, 0.3) is 5.69 Å². The monoisotopic (exact) mass is 384 g/mol. The van der Waals surface area contributed by atoms with E-state index in [-0.39, 0.29) is 12.3 Å². The van der Waals surface area contributed by atoms with Crippen molar-refractivity contribution in [3.05, 3.63) is 64.9 Å². The molecule has 0 bridgehead atoms. The fourth-order valence-corrected chi connectivity index (χ4v) is 2.38. The number of carbonyl (C=O) groups is 1. The molecule has 136 valence electrons. The number of aromatic nitrogens is 3. The number of amides is 1. The van der Waals surface area contributed by atoms with Crippen LogP contribution in [0.5, 0.6) is 0 Å². The summed E-state index contributed by atoms with van der Waals surface area (Å²) in [7, 11) is 0. The molecule has 3 rings (SSSR count). The van der Waals surface area contributed by atoms with E-state index >= 15 is 0 Å². The Morgan fingerprint density at radius 3 is 2.69 bits per heavy atom.